The zero-order chi connectivity index (χ0) is 15.0. The molecule has 7 heteroatoms. The van der Waals surface area contributed by atoms with Crippen LogP contribution in [0.1, 0.15) is 16.8 Å². The number of nitrogens with one attached hydrogen (secondary N) is 2. The summed E-state index contributed by atoms with van der Waals surface area (Å²) in [6.07, 6.45) is 1.90. The summed E-state index contributed by atoms with van der Waals surface area (Å²) in [5.74, 6) is 0.698. The van der Waals surface area contributed by atoms with Crippen molar-refractivity contribution in [3.05, 3.63) is 41.1 Å². The van der Waals surface area contributed by atoms with Gasteiger partial charge in [0.1, 0.15) is 0 Å². The Morgan fingerprint density at radius 3 is 2.90 bits per heavy atom. The second-order valence-electron chi connectivity index (χ2n) is 5.37. The van der Waals surface area contributed by atoms with Crippen molar-refractivity contribution in [2.24, 2.45) is 0 Å². The monoisotopic (exact) mass is 306 g/mol. The Labute approximate surface area is 124 Å². The molecular weight excluding hydrogens is 288 g/mol. The maximum absolute atomic E-state index is 11.7. The molecule has 112 valence electrons. The van der Waals surface area contributed by atoms with E-state index in [1.165, 1.54) is 10.6 Å². The lowest BCUT2D eigenvalue weighted by molar-refractivity contribution is 0.394. The van der Waals surface area contributed by atoms with Gasteiger partial charge in [-0.25, -0.2) is 8.42 Å². The van der Waals surface area contributed by atoms with Gasteiger partial charge in [0, 0.05) is 36.5 Å². The normalized spacial score (nSPS) is 15.7. The molecule has 1 aromatic heterocycles. The standard InChI is InChI=1S/C14H18N4O2S/c1-10-4-3-5-11(8-10)15-14-12-9-18(21(2,19)20)7-6-13(12)16-17-14/h3-5,8H,6-7,9H2,1-2H3,(H2,15,16,17). The van der Waals surface area contributed by atoms with Crippen LogP contribution in [-0.2, 0) is 23.0 Å². The molecular formula is C14H18N4O2S. The fourth-order valence-electron chi connectivity index (χ4n) is 2.52. The first-order valence-corrected chi connectivity index (χ1v) is 8.63. The number of H-pyrrole nitrogens is 1. The van der Waals surface area contributed by atoms with Crippen LogP contribution in [0.5, 0.6) is 0 Å². The molecule has 1 aromatic carbocycles. The topological polar surface area (TPSA) is 78.1 Å². The summed E-state index contributed by atoms with van der Waals surface area (Å²) >= 11 is 0. The van der Waals surface area contributed by atoms with Gasteiger partial charge in [-0.15, -0.1) is 0 Å². The minimum absolute atomic E-state index is 0.360. The molecule has 0 saturated heterocycles. The molecule has 0 saturated carbocycles. The highest BCUT2D eigenvalue weighted by Gasteiger charge is 2.27. The number of sulfonamides is 1. The van der Waals surface area contributed by atoms with Crippen LogP contribution in [-0.4, -0.2) is 35.7 Å². The van der Waals surface area contributed by atoms with E-state index >= 15 is 0 Å². The number of nitrogens with zero attached hydrogens (tertiary/aromatic N) is 2. The van der Waals surface area contributed by atoms with Crippen LogP contribution in [0.4, 0.5) is 11.5 Å². The van der Waals surface area contributed by atoms with Crippen LogP contribution in [0.3, 0.4) is 0 Å². The number of fused-ring (bicyclic) bond motifs is 1. The second kappa shape index (κ2) is 5.16. The fraction of sp³-hybridized carbons (Fsp3) is 0.357. The van der Waals surface area contributed by atoms with Gasteiger partial charge in [-0.3, -0.25) is 5.10 Å². The number of anilines is 2. The molecule has 0 amide bonds. The molecule has 6 nitrogen and oxygen atoms in total. The van der Waals surface area contributed by atoms with Gasteiger partial charge in [0.25, 0.3) is 0 Å². The van der Waals surface area contributed by atoms with Crippen LogP contribution in [0, 0.1) is 6.92 Å². The number of hydrogen-bond donors (Lipinski definition) is 2. The zero-order valence-corrected chi connectivity index (χ0v) is 12.9. The summed E-state index contributed by atoms with van der Waals surface area (Å²) in [5, 5.41) is 10.5. The van der Waals surface area contributed by atoms with Crippen LogP contribution in [0.2, 0.25) is 0 Å². The quantitative estimate of drug-likeness (QED) is 0.906. The largest absolute Gasteiger partial charge is 0.338 e. The number of aromatic amines is 1. The SMILES string of the molecule is Cc1cccc(Nc2n[nH]c3c2CN(S(C)(=O)=O)CC3)c1. The first kappa shape index (κ1) is 14.1. The van der Waals surface area contributed by atoms with E-state index in [9.17, 15) is 8.42 Å². The highest BCUT2D eigenvalue weighted by Crippen LogP contribution is 2.27. The van der Waals surface area contributed by atoms with E-state index in [1.54, 1.807) is 0 Å². The molecule has 0 bridgehead atoms. The van der Waals surface area contributed by atoms with Gasteiger partial charge in [0.2, 0.25) is 10.0 Å². The maximum Gasteiger partial charge on any atom is 0.211 e. The predicted octanol–water partition coefficient (Wildman–Crippen LogP) is 1.78. The van der Waals surface area contributed by atoms with Gasteiger partial charge >= 0.3 is 0 Å². The van der Waals surface area contributed by atoms with Crippen molar-refractivity contribution in [3.8, 4) is 0 Å². The molecule has 0 atom stereocenters. The van der Waals surface area contributed by atoms with Gasteiger partial charge in [-0.05, 0) is 24.6 Å². The summed E-state index contributed by atoms with van der Waals surface area (Å²) in [6, 6.07) is 7.99. The lowest BCUT2D eigenvalue weighted by atomic mass is 10.1. The molecule has 2 heterocycles. The predicted molar refractivity (Wildman–Crippen MR) is 82.0 cm³/mol. The van der Waals surface area contributed by atoms with Gasteiger partial charge in [-0.2, -0.15) is 9.40 Å². The molecule has 2 N–H and O–H groups in total. The van der Waals surface area contributed by atoms with E-state index in [4.69, 9.17) is 0 Å². The summed E-state index contributed by atoms with van der Waals surface area (Å²) in [5.41, 5.74) is 4.03. The van der Waals surface area contributed by atoms with E-state index < -0.39 is 10.0 Å². The Morgan fingerprint density at radius 1 is 1.38 bits per heavy atom. The Morgan fingerprint density at radius 2 is 2.19 bits per heavy atom. The lowest BCUT2D eigenvalue weighted by Gasteiger charge is -2.24. The summed E-state index contributed by atoms with van der Waals surface area (Å²) in [6.45, 7) is 2.88. The number of aryl methyl sites for hydroxylation is 1. The van der Waals surface area contributed by atoms with Crippen molar-refractivity contribution in [3.63, 3.8) is 0 Å². The average Bonchev–Trinajstić information content (AvgIpc) is 2.80. The molecule has 1 aliphatic rings. The third-order valence-electron chi connectivity index (χ3n) is 3.65. The van der Waals surface area contributed by atoms with Crippen LogP contribution >= 0.6 is 0 Å². The van der Waals surface area contributed by atoms with Crippen LogP contribution in [0.15, 0.2) is 24.3 Å². The Hall–Kier alpha value is -1.86. The molecule has 3 rings (SSSR count). The van der Waals surface area contributed by atoms with E-state index in [2.05, 4.69) is 15.5 Å². The molecule has 2 aromatic rings. The minimum atomic E-state index is -3.18. The molecule has 0 unspecified atom stereocenters. The van der Waals surface area contributed by atoms with Crippen molar-refractivity contribution in [1.29, 1.82) is 0 Å². The van der Waals surface area contributed by atoms with E-state index in [0.717, 1.165) is 22.5 Å². The maximum atomic E-state index is 11.7. The highest BCUT2D eigenvalue weighted by atomic mass is 32.2. The van der Waals surface area contributed by atoms with Gasteiger partial charge in [0.05, 0.1) is 6.26 Å². The van der Waals surface area contributed by atoms with Crippen LogP contribution < -0.4 is 5.32 Å². The number of hydrogen-bond acceptors (Lipinski definition) is 4. The Bertz CT molecular complexity index is 767. The minimum Gasteiger partial charge on any atom is -0.338 e. The fourth-order valence-corrected chi connectivity index (χ4v) is 3.30. The lowest BCUT2D eigenvalue weighted by Crippen LogP contribution is -2.35. The second-order valence-corrected chi connectivity index (χ2v) is 7.35. The highest BCUT2D eigenvalue weighted by molar-refractivity contribution is 7.88. The first-order valence-electron chi connectivity index (χ1n) is 6.78. The van der Waals surface area contributed by atoms with Crippen molar-refractivity contribution in [1.82, 2.24) is 14.5 Å². The summed E-state index contributed by atoms with van der Waals surface area (Å²) in [4.78, 5) is 0. The number of rotatable bonds is 3. The third-order valence-corrected chi connectivity index (χ3v) is 4.90. The summed E-state index contributed by atoms with van der Waals surface area (Å²) < 4.78 is 24.9. The van der Waals surface area contributed by atoms with Gasteiger partial charge in [-0.1, -0.05) is 12.1 Å². The zero-order valence-electron chi connectivity index (χ0n) is 12.0. The molecule has 21 heavy (non-hydrogen) atoms. The van der Waals surface area contributed by atoms with E-state index in [0.29, 0.717) is 25.3 Å². The van der Waals surface area contributed by atoms with E-state index in [-0.39, 0.29) is 0 Å². The van der Waals surface area contributed by atoms with Crippen LogP contribution in [0.25, 0.3) is 0 Å². The summed E-state index contributed by atoms with van der Waals surface area (Å²) in [7, 11) is -3.18. The van der Waals surface area contributed by atoms with Crippen molar-refractivity contribution < 1.29 is 8.42 Å². The van der Waals surface area contributed by atoms with Crippen molar-refractivity contribution >= 4 is 21.5 Å². The number of benzene rings is 1. The first-order chi connectivity index (χ1) is 9.93. The average molecular weight is 306 g/mol. The molecule has 0 radical (unpaired) electrons. The van der Waals surface area contributed by atoms with Crippen molar-refractivity contribution in [2.45, 2.75) is 19.9 Å². The molecule has 1 aliphatic heterocycles. The van der Waals surface area contributed by atoms with Gasteiger partial charge < -0.3 is 5.32 Å². The van der Waals surface area contributed by atoms with Crippen molar-refractivity contribution in [2.75, 3.05) is 18.1 Å². The number of aromatic nitrogens is 2. The smallest absolute Gasteiger partial charge is 0.211 e. The van der Waals surface area contributed by atoms with Gasteiger partial charge in [0.15, 0.2) is 5.82 Å². The molecule has 0 aliphatic carbocycles. The molecule has 0 fully saturated rings. The molecule has 0 spiro atoms. The Kier molecular flexibility index (Phi) is 3.46. The van der Waals surface area contributed by atoms with E-state index in [1.807, 2.05) is 31.2 Å². The third kappa shape index (κ3) is 2.93. The Balaban J connectivity index is 1.88.